The molecule has 0 aliphatic carbocycles. The molecule has 2 aromatic carbocycles. The zero-order chi connectivity index (χ0) is 15.4. The molecule has 0 aliphatic heterocycles. The SMILES string of the molecule is Cc1ccc(C)c(SCC(=O)Nc2cccc(Cl)c2F)c1. The summed E-state index contributed by atoms with van der Waals surface area (Å²) < 4.78 is 13.7. The molecule has 2 aromatic rings. The quantitative estimate of drug-likeness (QED) is 0.817. The molecule has 0 spiro atoms. The molecular formula is C16H15ClFNOS. The summed E-state index contributed by atoms with van der Waals surface area (Å²) in [7, 11) is 0. The Morgan fingerprint density at radius 1 is 1.29 bits per heavy atom. The predicted molar refractivity (Wildman–Crippen MR) is 86.7 cm³/mol. The molecule has 0 saturated heterocycles. The molecule has 5 heteroatoms. The fraction of sp³-hybridized carbons (Fsp3) is 0.188. The third kappa shape index (κ3) is 4.22. The minimum atomic E-state index is -0.607. The van der Waals surface area contributed by atoms with Crippen LogP contribution in [0.15, 0.2) is 41.3 Å². The van der Waals surface area contributed by atoms with E-state index in [1.54, 1.807) is 6.07 Å². The maximum absolute atomic E-state index is 13.7. The molecule has 0 aliphatic rings. The van der Waals surface area contributed by atoms with Crippen molar-refractivity contribution in [3.63, 3.8) is 0 Å². The second-order valence-electron chi connectivity index (χ2n) is 4.71. The lowest BCUT2D eigenvalue weighted by Gasteiger charge is -2.09. The zero-order valence-corrected chi connectivity index (χ0v) is 13.3. The van der Waals surface area contributed by atoms with Gasteiger partial charge < -0.3 is 5.32 Å². The molecule has 0 bridgehead atoms. The lowest BCUT2D eigenvalue weighted by atomic mass is 10.2. The van der Waals surface area contributed by atoms with Crippen molar-refractivity contribution in [3.05, 3.63) is 58.4 Å². The van der Waals surface area contributed by atoms with Crippen LogP contribution in [0.25, 0.3) is 0 Å². The fourth-order valence-corrected chi connectivity index (χ4v) is 2.89. The first-order valence-electron chi connectivity index (χ1n) is 6.41. The van der Waals surface area contributed by atoms with E-state index in [1.807, 2.05) is 32.0 Å². The lowest BCUT2D eigenvalue weighted by Crippen LogP contribution is -2.15. The number of aryl methyl sites for hydroxylation is 2. The minimum absolute atomic E-state index is 0.00465. The topological polar surface area (TPSA) is 29.1 Å². The predicted octanol–water partition coefficient (Wildman–Crippen LogP) is 4.83. The van der Waals surface area contributed by atoms with Crippen LogP contribution >= 0.6 is 23.4 Å². The van der Waals surface area contributed by atoms with Crippen LogP contribution in [-0.4, -0.2) is 11.7 Å². The highest BCUT2D eigenvalue weighted by Gasteiger charge is 2.10. The summed E-state index contributed by atoms with van der Waals surface area (Å²) in [4.78, 5) is 13.0. The Morgan fingerprint density at radius 3 is 2.81 bits per heavy atom. The summed E-state index contributed by atoms with van der Waals surface area (Å²) >= 11 is 7.11. The largest absolute Gasteiger partial charge is 0.323 e. The standard InChI is InChI=1S/C16H15ClFNOS/c1-10-6-7-11(2)14(8-10)21-9-15(20)19-13-5-3-4-12(17)16(13)18/h3-8H,9H2,1-2H3,(H,19,20). The van der Waals surface area contributed by atoms with E-state index >= 15 is 0 Å². The molecule has 1 N–H and O–H groups in total. The Balaban J connectivity index is 1.99. The van der Waals surface area contributed by atoms with Crippen molar-refractivity contribution in [2.45, 2.75) is 18.7 Å². The lowest BCUT2D eigenvalue weighted by molar-refractivity contribution is -0.113. The number of anilines is 1. The zero-order valence-electron chi connectivity index (χ0n) is 11.7. The molecule has 0 radical (unpaired) electrons. The van der Waals surface area contributed by atoms with Gasteiger partial charge in [-0.15, -0.1) is 11.8 Å². The smallest absolute Gasteiger partial charge is 0.234 e. The van der Waals surface area contributed by atoms with E-state index in [9.17, 15) is 9.18 Å². The maximum atomic E-state index is 13.7. The molecule has 21 heavy (non-hydrogen) atoms. The van der Waals surface area contributed by atoms with E-state index in [0.29, 0.717) is 0 Å². The third-order valence-electron chi connectivity index (χ3n) is 2.93. The Bertz CT molecular complexity index is 675. The number of hydrogen-bond acceptors (Lipinski definition) is 2. The Hall–Kier alpha value is -1.52. The van der Waals surface area contributed by atoms with Gasteiger partial charge in [0, 0.05) is 4.90 Å². The summed E-state index contributed by atoms with van der Waals surface area (Å²) in [6, 6.07) is 10.6. The van der Waals surface area contributed by atoms with Gasteiger partial charge >= 0.3 is 0 Å². The molecule has 0 saturated carbocycles. The number of carbonyl (C=O) groups excluding carboxylic acids is 1. The van der Waals surface area contributed by atoms with Gasteiger partial charge in [-0.05, 0) is 37.6 Å². The van der Waals surface area contributed by atoms with Gasteiger partial charge in [0.25, 0.3) is 0 Å². The summed E-state index contributed by atoms with van der Waals surface area (Å²) in [6.45, 7) is 4.00. The first-order valence-corrected chi connectivity index (χ1v) is 7.77. The van der Waals surface area contributed by atoms with Gasteiger partial charge in [-0.2, -0.15) is 0 Å². The highest BCUT2D eigenvalue weighted by molar-refractivity contribution is 8.00. The van der Waals surface area contributed by atoms with Gasteiger partial charge in [-0.3, -0.25) is 4.79 Å². The number of thioether (sulfide) groups is 1. The first-order chi connectivity index (χ1) is 9.97. The van der Waals surface area contributed by atoms with Crippen molar-refractivity contribution in [2.24, 2.45) is 0 Å². The number of amides is 1. The maximum Gasteiger partial charge on any atom is 0.234 e. The first kappa shape index (κ1) is 15.9. The summed E-state index contributed by atoms with van der Waals surface area (Å²) in [6.07, 6.45) is 0. The molecule has 0 atom stereocenters. The number of hydrogen-bond donors (Lipinski definition) is 1. The van der Waals surface area contributed by atoms with Crippen LogP contribution in [-0.2, 0) is 4.79 Å². The highest BCUT2D eigenvalue weighted by atomic mass is 35.5. The molecule has 0 unspecified atom stereocenters. The van der Waals surface area contributed by atoms with Crippen LogP contribution in [0.5, 0.6) is 0 Å². The van der Waals surface area contributed by atoms with Crippen LogP contribution < -0.4 is 5.32 Å². The second kappa shape index (κ2) is 6.96. The average molecular weight is 324 g/mol. The van der Waals surface area contributed by atoms with Crippen molar-refractivity contribution in [1.29, 1.82) is 0 Å². The summed E-state index contributed by atoms with van der Waals surface area (Å²) in [5.74, 6) is -0.651. The Morgan fingerprint density at radius 2 is 2.05 bits per heavy atom. The number of benzene rings is 2. The molecule has 2 rings (SSSR count). The van der Waals surface area contributed by atoms with Crippen LogP contribution in [0.3, 0.4) is 0 Å². The van der Waals surface area contributed by atoms with E-state index in [-0.39, 0.29) is 22.4 Å². The minimum Gasteiger partial charge on any atom is -0.323 e. The number of nitrogens with one attached hydrogen (secondary N) is 1. The van der Waals surface area contributed by atoms with Crippen molar-refractivity contribution in [1.82, 2.24) is 0 Å². The third-order valence-corrected chi connectivity index (χ3v) is 4.38. The van der Waals surface area contributed by atoms with Crippen molar-refractivity contribution < 1.29 is 9.18 Å². The number of carbonyl (C=O) groups is 1. The second-order valence-corrected chi connectivity index (χ2v) is 6.13. The van der Waals surface area contributed by atoms with Gasteiger partial charge in [-0.25, -0.2) is 4.39 Å². The van der Waals surface area contributed by atoms with Crippen molar-refractivity contribution in [2.75, 3.05) is 11.1 Å². The van der Waals surface area contributed by atoms with Gasteiger partial charge in [0.15, 0.2) is 5.82 Å². The van der Waals surface area contributed by atoms with Gasteiger partial charge in [0.05, 0.1) is 16.5 Å². The Labute approximate surface area is 132 Å². The van der Waals surface area contributed by atoms with E-state index in [4.69, 9.17) is 11.6 Å². The van der Waals surface area contributed by atoms with E-state index in [0.717, 1.165) is 16.0 Å². The van der Waals surface area contributed by atoms with Gasteiger partial charge in [0.2, 0.25) is 5.91 Å². The van der Waals surface area contributed by atoms with Gasteiger partial charge in [-0.1, -0.05) is 35.4 Å². The van der Waals surface area contributed by atoms with E-state index in [1.165, 1.54) is 23.9 Å². The molecule has 1 amide bonds. The van der Waals surface area contributed by atoms with Crippen LogP contribution in [0.1, 0.15) is 11.1 Å². The molecular weight excluding hydrogens is 309 g/mol. The Kier molecular flexibility index (Phi) is 5.26. The molecule has 2 nitrogen and oxygen atoms in total. The molecule has 0 aromatic heterocycles. The van der Waals surface area contributed by atoms with Crippen LogP contribution in [0, 0.1) is 19.7 Å². The van der Waals surface area contributed by atoms with Crippen LogP contribution in [0.4, 0.5) is 10.1 Å². The molecule has 0 fully saturated rings. The molecule has 110 valence electrons. The van der Waals surface area contributed by atoms with Gasteiger partial charge in [0.1, 0.15) is 0 Å². The average Bonchev–Trinajstić information content (AvgIpc) is 2.45. The molecule has 0 heterocycles. The van der Waals surface area contributed by atoms with E-state index in [2.05, 4.69) is 5.32 Å². The van der Waals surface area contributed by atoms with Crippen molar-refractivity contribution in [3.8, 4) is 0 Å². The normalized spacial score (nSPS) is 10.5. The number of halogens is 2. The highest BCUT2D eigenvalue weighted by Crippen LogP contribution is 2.25. The van der Waals surface area contributed by atoms with E-state index < -0.39 is 5.82 Å². The number of rotatable bonds is 4. The monoisotopic (exact) mass is 323 g/mol. The summed E-state index contributed by atoms with van der Waals surface area (Å²) in [5, 5.41) is 2.53. The van der Waals surface area contributed by atoms with Crippen molar-refractivity contribution >= 4 is 35.0 Å². The fourth-order valence-electron chi connectivity index (χ4n) is 1.79. The summed E-state index contributed by atoms with van der Waals surface area (Å²) in [5.41, 5.74) is 2.37. The van der Waals surface area contributed by atoms with Crippen LogP contribution in [0.2, 0.25) is 5.02 Å².